The normalized spacial score (nSPS) is 14.5. The molecular weight excluding hydrogens is 300 g/mol. The second-order valence-corrected chi connectivity index (χ2v) is 4.42. The molecule has 1 amide bonds. The third-order valence-electron chi connectivity index (χ3n) is 1.77. The Labute approximate surface area is 92.2 Å². The van der Waals surface area contributed by atoms with Crippen LogP contribution in [0.4, 0.5) is 11.4 Å². The monoisotopic (exact) mass is 304 g/mol. The molecule has 0 aliphatic carbocycles. The summed E-state index contributed by atoms with van der Waals surface area (Å²) in [7, 11) is 0. The molecular formula is C8H6Br2N2O. The maximum atomic E-state index is 11.0. The second-order valence-electron chi connectivity index (χ2n) is 2.71. The summed E-state index contributed by atoms with van der Waals surface area (Å²) in [4.78, 5) is 11.0. The molecule has 0 spiro atoms. The Kier molecular flexibility index (Phi) is 2.29. The maximum Gasteiger partial charge on any atom is 0.243 e. The molecule has 0 fully saturated rings. The average Bonchev–Trinajstić information content (AvgIpc) is 2.08. The molecule has 0 atom stereocenters. The molecule has 1 aromatic rings. The van der Waals surface area contributed by atoms with Crippen LogP contribution in [0.1, 0.15) is 0 Å². The average molecular weight is 306 g/mol. The minimum atomic E-state index is -0.0123. The molecule has 0 saturated carbocycles. The Morgan fingerprint density at radius 2 is 1.77 bits per heavy atom. The maximum absolute atomic E-state index is 11.0. The zero-order valence-electron chi connectivity index (χ0n) is 6.53. The molecule has 1 aliphatic rings. The molecule has 5 heteroatoms. The van der Waals surface area contributed by atoms with E-state index in [2.05, 4.69) is 42.5 Å². The molecule has 0 unspecified atom stereocenters. The van der Waals surface area contributed by atoms with Crippen molar-refractivity contribution in [3.8, 4) is 0 Å². The van der Waals surface area contributed by atoms with Crippen LogP contribution >= 0.6 is 31.9 Å². The summed E-state index contributed by atoms with van der Waals surface area (Å²) >= 11 is 6.76. The second kappa shape index (κ2) is 3.31. The largest absolute Gasteiger partial charge is 0.374 e. The van der Waals surface area contributed by atoms with Gasteiger partial charge in [-0.2, -0.15) is 0 Å². The van der Waals surface area contributed by atoms with Gasteiger partial charge in [-0.25, -0.2) is 0 Å². The first-order valence-corrected chi connectivity index (χ1v) is 5.28. The summed E-state index contributed by atoms with van der Waals surface area (Å²) < 4.78 is 1.89. The number of hydrogen-bond donors (Lipinski definition) is 2. The summed E-state index contributed by atoms with van der Waals surface area (Å²) in [6, 6.07) is 3.79. The quantitative estimate of drug-likeness (QED) is 0.773. The summed E-state index contributed by atoms with van der Waals surface area (Å²) in [5.41, 5.74) is 1.75. The van der Waals surface area contributed by atoms with E-state index in [0.717, 1.165) is 20.3 Å². The van der Waals surface area contributed by atoms with Crippen LogP contribution in [0.2, 0.25) is 0 Å². The zero-order chi connectivity index (χ0) is 9.42. The SMILES string of the molecule is O=C1CNc2cc(Br)c(Br)cc2N1. The highest BCUT2D eigenvalue weighted by atomic mass is 79.9. The fourth-order valence-electron chi connectivity index (χ4n) is 1.17. The van der Waals surface area contributed by atoms with E-state index in [4.69, 9.17) is 0 Å². The molecule has 13 heavy (non-hydrogen) atoms. The van der Waals surface area contributed by atoms with Gasteiger partial charge in [-0.15, -0.1) is 0 Å². The van der Waals surface area contributed by atoms with Crippen LogP contribution in [-0.2, 0) is 4.79 Å². The molecule has 0 saturated heterocycles. The van der Waals surface area contributed by atoms with E-state index >= 15 is 0 Å². The van der Waals surface area contributed by atoms with Gasteiger partial charge in [-0.3, -0.25) is 4.79 Å². The van der Waals surface area contributed by atoms with Crippen molar-refractivity contribution in [2.24, 2.45) is 0 Å². The van der Waals surface area contributed by atoms with Gasteiger partial charge in [0, 0.05) is 8.95 Å². The van der Waals surface area contributed by atoms with Crippen LogP contribution in [0.15, 0.2) is 21.1 Å². The summed E-state index contributed by atoms with van der Waals surface area (Å²) in [6.45, 7) is 0.334. The van der Waals surface area contributed by atoms with Crippen LogP contribution in [0.25, 0.3) is 0 Å². The van der Waals surface area contributed by atoms with Crippen LogP contribution in [0, 0.1) is 0 Å². The number of hydrogen-bond acceptors (Lipinski definition) is 2. The fourth-order valence-corrected chi connectivity index (χ4v) is 1.85. The van der Waals surface area contributed by atoms with Gasteiger partial charge in [0.15, 0.2) is 0 Å². The van der Waals surface area contributed by atoms with E-state index in [1.54, 1.807) is 0 Å². The van der Waals surface area contributed by atoms with Gasteiger partial charge < -0.3 is 10.6 Å². The summed E-state index contributed by atoms with van der Waals surface area (Å²) in [6.07, 6.45) is 0. The highest BCUT2D eigenvalue weighted by Gasteiger charge is 2.14. The molecule has 1 heterocycles. The van der Waals surface area contributed by atoms with Gasteiger partial charge in [-0.05, 0) is 44.0 Å². The Morgan fingerprint density at radius 1 is 1.15 bits per heavy atom. The fraction of sp³-hybridized carbons (Fsp3) is 0.125. The van der Waals surface area contributed by atoms with Crippen molar-refractivity contribution in [3.05, 3.63) is 21.1 Å². The zero-order valence-corrected chi connectivity index (χ0v) is 9.70. The van der Waals surface area contributed by atoms with Crippen molar-refractivity contribution in [2.45, 2.75) is 0 Å². The third kappa shape index (κ3) is 1.71. The van der Waals surface area contributed by atoms with E-state index in [1.807, 2.05) is 12.1 Å². The number of amides is 1. The highest BCUT2D eigenvalue weighted by molar-refractivity contribution is 9.13. The topological polar surface area (TPSA) is 41.1 Å². The van der Waals surface area contributed by atoms with Crippen molar-refractivity contribution >= 4 is 49.1 Å². The molecule has 3 nitrogen and oxygen atoms in total. The number of carbonyl (C=O) groups excluding carboxylic acids is 1. The molecule has 1 aromatic carbocycles. The first kappa shape index (κ1) is 9.02. The molecule has 2 rings (SSSR count). The minimum Gasteiger partial charge on any atom is -0.374 e. The van der Waals surface area contributed by atoms with Gasteiger partial charge in [-0.1, -0.05) is 0 Å². The lowest BCUT2D eigenvalue weighted by atomic mass is 10.2. The van der Waals surface area contributed by atoms with Crippen LogP contribution in [0.5, 0.6) is 0 Å². The standard InChI is InChI=1S/C8H6Br2N2O/c9-4-1-6-7(2-5(4)10)12-8(13)3-11-6/h1-2,11H,3H2,(H,12,13). The van der Waals surface area contributed by atoms with Crippen molar-refractivity contribution < 1.29 is 4.79 Å². The molecule has 68 valence electrons. The van der Waals surface area contributed by atoms with Crippen LogP contribution in [0.3, 0.4) is 0 Å². The Morgan fingerprint density at radius 3 is 2.46 bits per heavy atom. The number of benzene rings is 1. The van der Waals surface area contributed by atoms with Gasteiger partial charge in [0.25, 0.3) is 0 Å². The van der Waals surface area contributed by atoms with Gasteiger partial charge in [0.1, 0.15) is 0 Å². The number of nitrogens with one attached hydrogen (secondary N) is 2. The van der Waals surface area contributed by atoms with Crippen molar-refractivity contribution in [1.29, 1.82) is 0 Å². The third-order valence-corrected chi connectivity index (χ3v) is 3.62. The smallest absolute Gasteiger partial charge is 0.243 e. The highest BCUT2D eigenvalue weighted by Crippen LogP contribution is 2.34. The predicted molar refractivity (Wildman–Crippen MR) is 59.0 cm³/mol. The molecule has 0 aromatic heterocycles. The van der Waals surface area contributed by atoms with E-state index in [9.17, 15) is 4.79 Å². The van der Waals surface area contributed by atoms with Crippen LogP contribution < -0.4 is 10.6 Å². The van der Waals surface area contributed by atoms with Gasteiger partial charge in [0.2, 0.25) is 5.91 Å². The molecule has 1 aliphatic heterocycles. The summed E-state index contributed by atoms with van der Waals surface area (Å²) in [5.74, 6) is -0.0123. The predicted octanol–water partition coefficient (Wildman–Crippen LogP) is 2.58. The van der Waals surface area contributed by atoms with E-state index in [-0.39, 0.29) is 5.91 Å². The number of fused-ring (bicyclic) bond motifs is 1. The van der Waals surface area contributed by atoms with Crippen molar-refractivity contribution in [2.75, 3.05) is 17.2 Å². The van der Waals surface area contributed by atoms with E-state index < -0.39 is 0 Å². The van der Waals surface area contributed by atoms with Crippen LogP contribution in [-0.4, -0.2) is 12.5 Å². The van der Waals surface area contributed by atoms with E-state index in [1.165, 1.54) is 0 Å². The van der Waals surface area contributed by atoms with E-state index in [0.29, 0.717) is 6.54 Å². The summed E-state index contributed by atoms with van der Waals surface area (Å²) in [5, 5.41) is 5.79. The van der Waals surface area contributed by atoms with Crippen molar-refractivity contribution in [1.82, 2.24) is 0 Å². The number of carbonyl (C=O) groups is 1. The molecule has 2 N–H and O–H groups in total. The van der Waals surface area contributed by atoms with Crippen molar-refractivity contribution in [3.63, 3.8) is 0 Å². The number of halogens is 2. The minimum absolute atomic E-state index is 0.0123. The van der Waals surface area contributed by atoms with Gasteiger partial charge in [0.05, 0.1) is 17.9 Å². The molecule has 0 bridgehead atoms. The first-order chi connectivity index (χ1) is 6.16. The lowest BCUT2D eigenvalue weighted by Crippen LogP contribution is -2.27. The molecule has 0 radical (unpaired) electrons. The first-order valence-electron chi connectivity index (χ1n) is 3.69. The number of rotatable bonds is 0. The lowest BCUT2D eigenvalue weighted by molar-refractivity contribution is -0.114. The Hall–Kier alpha value is -0.550. The Balaban J connectivity index is 2.49. The lowest BCUT2D eigenvalue weighted by Gasteiger charge is -2.19. The number of anilines is 2. The Bertz CT molecular complexity index is 379. The van der Waals surface area contributed by atoms with Gasteiger partial charge >= 0.3 is 0 Å².